The van der Waals surface area contributed by atoms with Crippen molar-refractivity contribution in [2.24, 2.45) is 5.92 Å². The molecule has 6 nitrogen and oxygen atoms in total. The van der Waals surface area contributed by atoms with Gasteiger partial charge in [-0.3, -0.25) is 9.59 Å². The Bertz CT molecular complexity index is 843. The van der Waals surface area contributed by atoms with E-state index in [-0.39, 0.29) is 18.4 Å². The fourth-order valence-corrected chi connectivity index (χ4v) is 4.35. The van der Waals surface area contributed by atoms with E-state index in [4.69, 9.17) is 4.74 Å². The summed E-state index contributed by atoms with van der Waals surface area (Å²) in [5.41, 5.74) is 1.42. The van der Waals surface area contributed by atoms with E-state index in [1.54, 1.807) is 12.1 Å². The summed E-state index contributed by atoms with van der Waals surface area (Å²) < 4.78 is 5.58. The van der Waals surface area contributed by atoms with Gasteiger partial charge in [-0.2, -0.15) is 0 Å². The molecule has 2 unspecified atom stereocenters. The van der Waals surface area contributed by atoms with Gasteiger partial charge in [0.2, 0.25) is 5.91 Å². The van der Waals surface area contributed by atoms with Gasteiger partial charge in [-0.05, 0) is 55.9 Å². The maximum Gasteiger partial charge on any atom is 0.262 e. The zero-order valence-corrected chi connectivity index (χ0v) is 16.4. The highest BCUT2D eigenvalue weighted by molar-refractivity contribution is 5.92. The van der Waals surface area contributed by atoms with Crippen LogP contribution in [0.5, 0.6) is 5.75 Å². The van der Waals surface area contributed by atoms with E-state index in [0.717, 1.165) is 18.5 Å². The molecule has 3 N–H and O–H groups in total. The highest BCUT2D eigenvalue weighted by atomic mass is 16.5. The highest BCUT2D eigenvalue weighted by Crippen LogP contribution is 2.32. The number of para-hydroxylation sites is 1. The van der Waals surface area contributed by atoms with E-state index < -0.39 is 0 Å². The summed E-state index contributed by atoms with van der Waals surface area (Å²) in [6, 6.07) is 17.6. The largest absolute Gasteiger partial charge is 0.484 e. The fraction of sp³-hybridized carbons (Fsp3) is 0.391. The lowest BCUT2D eigenvalue weighted by Gasteiger charge is -2.28. The predicted octanol–water partition coefficient (Wildman–Crippen LogP) is 3.56. The summed E-state index contributed by atoms with van der Waals surface area (Å²) in [5.74, 6) is 0.808. The van der Waals surface area contributed by atoms with Crippen molar-refractivity contribution in [3.05, 3.63) is 54.6 Å². The lowest BCUT2D eigenvalue weighted by atomic mass is 9.89. The molecule has 0 radical (unpaired) electrons. The van der Waals surface area contributed by atoms with Crippen LogP contribution in [-0.2, 0) is 9.59 Å². The topological polar surface area (TPSA) is 79.5 Å². The molecule has 2 aromatic rings. The zero-order chi connectivity index (χ0) is 20.1. The monoisotopic (exact) mass is 393 g/mol. The second-order valence-electron chi connectivity index (χ2n) is 7.96. The smallest absolute Gasteiger partial charge is 0.262 e. The first-order valence-corrected chi connectivity index (χ1v) is 10.3. The second-order valence-corrected chi connectivity index (χ2v) is 7.96. The molecule has 4 rings (SSSR count). The average Bonchev–Trinajstić information content (AvgIpc) is 3.05. The van der Waals surface area contributed by atoms with Crippen LogP contribution in [0.3, 0.4) is 0 Å². The molecule has 6 heteroatoms. The van der Waals surface area contributed by atoms with Crippen LogP contribution in [0, 0.1) is 5.92 Å². The van der Waals surface area contributed by atoms with Crippen molar-refractivity contribution >= 4 is 23.2 Å². The van der Waals surface area contributed by atoms with Crippen LogP contribution in [0.2, 0.25) is 0 Å². The van der Waals surface area contributed by atoms with Gasteiger partial charge in [-0.25, -0.2) is 0 Å². The number of anilines is 2. The first-order chi connectivity index (χ1) is 14.1. The van der Waals surface area contributed by atoms with Crippen molar-refractivity contribution < 1.29 is 14.3 Å². The van der Waals surface area contributed by atoms with E-state index in [0.29, 0.717) is 35.9 Å². The summed E-state index contributed by atoms with van der Waals surface area (Å²) in [6.45, 7) is -0.0931. The molecule has 0 aromatic heterocycles. The van der Waals surface area contributed by atoms with Crippen LogP contribution in [-0.4, -0.2) is 30.5 Å². The molecule has 2 saturated heterocycles. The quantitative estimate of drug-likeness (QED) is 0.672. The standard InChI is InChI=1S/C23H27N3O3/c27-22(13-16-11-19-9-10-20(12-16)24-19)26-18-7-4-8-21(14-18)29-15-23(28)25-17-5-2-1-3-6-17/h1-8,14,16,19-20,24H,9-13,15H2,(H,25,28)(H,26,27). The van der Waals surface area contributed by atoms with Crippen molar-refractivity contribution in [3.8, 4) is 5.75 Å². The Balaban J connectivity index is 1.25. The summed E-state index contributed by atoms with van der Waals surface area (Å²) in [7, 11) is 0. The van der Waals surface area contributed by atoms with Crippen molar-refractivity contribution in [3.63, 3.8) is 0 Å². The fourth-order valence-electron chi connectivity index (χ4n) is 4.35. The number of nitrogens with one attached hydrogen (secondary N) is 3. The van der Waals surface area contributed by atoms with Crippen molar-refractivity contribution in [1.82, 2.24) is 5.32 Å². The Labute approximate surface area is 171 Å². The van der Waals surface area contributed by atoms with Crippen molar-refractivity contribution in [1.29, 1.82) is 0 Å². The normalized spacial score (nSPS) is 22.7. The molecule has 2 aliphatic rings. The summed E-state index contributed by atoms with van der Waals surface area (Å²) >= 11 is 0. The molecule has 29 heavy (non-hydrogen) atoms. The third kappa shape index (κ3) is 5.57. The lowest BCUT2D eigenvalue weighted by Crippen LogP contribution is -2.39. The number of piperidine rings is 1. The average molecular weight is 393 g/mol. The molecule has 0 saturated carbocycles. The molecule has 2 fully saturated rings. The number of carbonyl (C=O) groups excluding carboxylic acids is 2. The van der Waals surface area contributed by atoms with Gasteiger partial charge < -0.3 is 20.7 Å². The van der Waals surface area contributed by atoms with E-state index in [1.165, 1.54) is 12.8 Å². The van der Waals surface area contributed by atoms with Gasteiger partial charge in [-0.1, -0.05) is 24.3 Å². The van der Waals surface area contributed by atoms with Crippen LogP contribution >= 0.6 is 0 Å². The Morgan fingerprint density at radius 1 is 0.897 bits per heavy atom. The van der Waals surface area contributed by atoms with Crippen LogP contribution in [0.15, 0.2) is 54.6 Å². The molecule has 0 spiro atoms. The summed E-state index contributed by atoms with van der Waals surface area (Å²) in [4.78, 5) is 24.5. The van der Waals surface area contributed by atoms with Gasteiger partial charge in [0, 0.05) is 35.9 Å². The third-order valence-corrected chi connectivity index (χ3v) is 5.59. The number of hydrogen-bond donors (Lipinski definition) is 3. The van der Waals surface area contributed by atoms with Crippen molar-refractivity contribution in [2.75, 3.05) is 17.2 Å². The number of fused-ring (bicyclic) bond motifs is 2. The van der Waals surface area contributed by atoms with Gasteiger partial charge in [0.25, 0.3) is 5.91 Å². The SMILES string of the molecule is O=C(COc1cccc(NC(=O)CC2CC3CCC(C2)N3)c1)Nc1ccccc1. The van der Waals surface area contributed by atoms with E-state index in [1.807, 2.05) is 42.5 Å². The molecule has 2 bridgehead atoms. The molecule has 2 amide bonds. The molecule has 0 aliphatic carbocycles. The zero-order valence-electron chi connectivity index (χ0n) is 16.4. The Hall–Kier alpha value is -2.86. The van der Waals surface area contributed by atoms with Crippen LogP contribution < -0.4 is 20.7 Å². The number of benzene rings is 2. The minimum atomic E-state index is -0.230. The summed E-state index contributed by atoms with van der Waals surface area (Å²) in [5, 5.41) is 9.35. The van der Waals surface area contributed by atoms with E-state index >= 15 is 0 Å². The van der Waals surface area contributed by atoms with E-state index in [2.05, 4.69) is 16.0 Å². The predicted molar refractivity (Wildman–Crippen MR) is 113 cm³/mol. The lowest BCUT2D eigenvalue weighted by molar-refractivity contribution is -0.118. The van der Waals surface area contributed by atoms with E-state index in [9.17, 15) is 9.59 Å². The maximum atomic E-state index is 12.5. The van der Waals surface area contributed by atoms with Gasteiger partial charge >= 0.3 is 0 Å². The molecular weight excluding hydrogens is 366 g/mol. The maximum absolute atomic E-state index is 12.5. The number of ether oxygens (including phenoxy) is 1. The highest BCUT2D eigenvalue weighted by Gasteiger charge is 2.34. The van der Waals surface area contributed by atoms with Gasteiger partial charge in [0.15, 0.2) is 6.61 Å². The minimum Gasteiger partial charge on any atom is -0.484 e. The van der Waals surface area contributed by atoms with Crippen LogP contribution in [0.4, 0.5) is 11.4 Å². The second kappa shape index (κ2) is 9.09. The molecular formula is C23H27N3O3. The number of rotatable bonds is 7. The van der Waals surface area contributed by atoms with Gasteiger partial charge in [0.1, 0.15) is 5.75 Å². The Morgan fingerprint density at radius 3 is 2.34 bits per heavy atom. The molecule has 152 valence electrons. The number of carbonyl (C=O) groups is 2. The number of amides is 2. The minimum absolute atomic E-state index is 0.0373. The molecule has 2 heterocycles. The van der Waals surface area contributed by atoms with Gasteiger partial charge in [0.05, 0.1) is 0 Å². The van der Waals surface area contributed by atoms with Crippen LogP contribution in [0.1, 0.15) is 32.1 Å². The Morgan fingerprint density at radius 2 is 1.59 bits per heavy atom. The molecule has 2 aromatic carbocycles. The van der Waals surface area contributed by atoms with Crippen LogP contribution in [0.25, 0.3) is 0 Å². The van der Waals surface area contributed by atoms with Crippen molar-refractivity contribution in [2.45, 2.75) is 44.2 Å². The third-order valence-electron chi connectivity index (χ3n) is 5.59. The first-order valence-electron chi connectivity index (χ1n) is 10.3. The van der Waals surface area contributed by atoms with Gasteiger partial charge in [-0.15, -0.1) is 0 Å². The first kappa shape index (κ1) is 19.5. The Kier molecular flexibility index (Phi) is 6.10. The summed E-state index contributed by atoms with van der Waals surface area (Å²) in [6.07, 6.45) is 5.20. The molecule has 2 aliphatic heterocycles. The number of hydrogen-bond acceptors (Lipinski definition) is 4. The molecule has 2 atom stereocenters.